The number of halogens is 1. The summed E-state index contributed by atoms with van der Waals surface area (Å²) in [7, 11) is 3.59. The minimum atomic E-state index is -0.246. The van der Waals surface area contributed by atoms with Crippen molar-refractivity contribution in [2.24, 2.45) is 0 Å². The van der Waals surface area contributed by atoms with Gasteiger partial charge in [0.25, 0.3) is 0 Å². The van der Waals surface area contributed by atoms with Crippen LogP contribution < -0.4 is 14.8 Å². The summed E-state index contributed by atoms with van der Waals surface area (Å²) >= 11 is 0. The van der Waals surface area contributed by atoms with E-state index in [1.165, 1.54) is 17.7 Å². The van der Waals surface area contributed by atoms with E-state index in [9.17, 15) is 4.39 Å². The van der Waals surface area contributed by atoms with Crippen molar-refractivity contribution in [3.05, 3.63) is 77.9 Å². The van der Waals surface area contributed by atoms with Gasteiger partial charge in [-0.3, -0.25) is 4.98 Å². The lowest BCUT2D eigenvalue weighted by Crippen LogP contribution is -2.36. The third kappa shape index (κ3) is 3.58. The van der Waals surface area contributed by atoms with Gasteiger partial charge in [0.05, 0.1) is 13.2 Å². The predicted octanol–water partition coefficient (Wildman–Crippen LogP) is 4.55. The van der Waals surface area contributed by atoms with Gasteiger partial charge in [-0.25, -0.2) is 4.39 Å². The molecule has 2 heterocycles. The highest BCUT2D eigenvalue weighted by molar-refractivity contribution is 5.63. The molecule has 0 fully saturated rings. The second kappa shape index (κ2) is 7.98. The molecule has 0 aliphatic carbocycles. The van der Waals surface area contributed by atoms with E-state index in [0.717, 1.165) is 41.0 Å². The number of aryl methyl sites for hydroxylation is 1. The fraction of sp³-hybridized carbons (Fsp3) is 0.261. The fourth-order valence-electron chi connectivity index (χ4n) is 3.79. The maximum atomic E-state index is 13.2. The van der Waals surface area contributed by atoms with Crippen LogP contribution in [0.4, 0.5) is 4.39 Å². The molecule has 1 aliphatic heterocycles. The highest BCUT2D eigenvalue weighted by Gasteiger charge is 2.30. The lowest BCUT2D eigenvalue weighted by atomic mass is 9.93. The zero-order valence-electron chi connectivity index (χ0n) is 16.0. The van der Waals surface area contributed by atoms with Gasteiger partial charge in [0.1, 0.15) is 11.9 Å². The van der Waals surface area contributed by atoms with E-state index < -0.39 is 0 Å². The first-order chi connectivity index (χ1) is 13.7. The van der Waals surface area contributed by atoms with Crippen molar-refractivity contribution >= 4 is 0 Å². The number of ether oxygens (including phenoxy) is 2. The predicted molar refractivity (Wildman–Crippen MR) is 107 cm³/mol. The van der Waals surface area contributed by atoms with Crippen molar-refractivity contribution in [1.29, 1.82) is 0 Å². The SMILES string of the molecule is CN[C@H](c1cncc(-c2ccc(F)cc2)c1)[C@H]1CCc2cccc(OC)c2O1. The van der Waals surface area contributed by atoms with Crippen molar-refractivity contribution in [2.45, 2.75) is 25.0 Å². The third-order valence-corrected chi connectivity index (χ3v) is 5.23. The third-order valence-electron chi connectivity index (χ3n) is 5.23. The first kappa shape index (κ1) is 18.4. The molecular weight excluding hydrogens is 355 g/mol. The van der Waals surface area contributed by atoms with Crippen molar-refractivity contribution in [1.82, 2.24) is 10.3 Å². The van der Waals surface area contributed by atoms with E-state index in [1.807, 2.05) is 25.4 Å². The summed E-state index contributed by atoms with van der Waals surface area (Å²) in [5.74, 6) is 1.34. The number of benzene rings is 2. The summed E-state index contributed by atoms with van der Waals surface area (Å²) in [4.78, 5) is 4.41. The number of fused-ring (bicyclic) bond motifs is 1. The van der Waals surface area contributed by atoms with Crippen LogP contribution in [0, 0.1) is 5.82 Å². The summed E-state index contributed by atoms with van der Waals surface area (Å²) in [5, 5.41) is 3.38. The van der Waals surface area contributed by atoms with Crippen LogP contribution in [0.15, 0.2) is 60.9 Å². The van der Waals surface area contributed by atoms with Gasteiger partial charge in [-0.15, -0.1) is 0 Å². The minimum Gasteiger partial charge on any atom is -0.493 e. The Morgan fingerprint density at radius 2 is 1.96 bits per heavy atom. The molecule has 0 saturated heterocycles. The van der Waals surface area contributed by atoms with Crippen LogP contribution in [-0.4, -0.2) is 25.2 Å². The molecule has 144 valence electrons. The summed E-state index contributed by atoms with van der Waals surface area (Å²) in [6.45, 7) is 0. The van der Waals surface area contributed by atoms with Crippen molar-refractivity contribution in [3.8, 4) is 22.6 Å². The molecule has 5 heteroatoms. The van der Waals surface area contributed by atoms with Crippen LogP contribution in [0.5, 0.6) is 11.5 Å². The lowest BCUT2D eigenvalue weighted by molar-refractivity contribution is 0.127. The molecule has 0 spiro atoms. The van der Waals surface area contributed by atoms with Crippen LogP contribution in [0.3, 0.4) is 0 Å². The summed E-state index contributed by atoms with van der Waals surface area (Å²) in [5.41, 5.74) is 4.09. The van der Waals surface area contributed by atoms with Crippen LogP contribution >= 0.6 is 0 Å². The van der Waals surface area contributed by atoms with Gasteiger partial charge < -0.3 is 14.8 Å². The van der Waals surface area contributed by atoms with E-state index in [-0.39, 0.29) is 18.0 Å². The van der Waals surface area contributed by atoms with Gasteiger partial charge in [0.15, 0.2) is 11.5 Å². The molecule has 3 aromatic rings. The second-order valence-corrected chi connectivity index (χ2v) is 6.92. The Hall–Kier alpha value is -2.92. The number of likely N-dealkylation sites (N-methyl/N-ethyl adjacent to an activating group) is 1. The standard InChI is InChI=1S/C23H23FN2O2/c1-25-22(20-11-8-16-4-3-5-21(27-2)23(16)28-20)18-12-17(13-26-14-18)15-6-9-19(24)10-7-15/h3-7,9-10,12-14,20,22,25H,8,11H2,1-2H3/t20-,22-/m1/s1. The molecule has 4 nitrogen and oxygen atoms in total. The molecule has 2 aromatic carbocycles. The van der Waals surface area contributed by atoms with Crippen molar-refractivity contribution in [2.75, 3.05) is 14.2 Å². The number of nitrogens with one attached hydrogen (secondary N) is 1. The van der Waals surface area contributed by atoms with E-state index in [2.05, 4.69) is 22.4 Å². The van der Waals surface area contributed by atoms with Crippen LogP contribution in [0.2, 0.25) is 0 Å². The van der Waals surface area contributed by atoms with Crippen LogP contribution in [0.25, 0.3) is 11.1 Å². The van der Waals surface area contributed by atoms with Crippen molar-refractivity contribution < 1.29 is 13.9 Å². The lowest BCUT2D eigenvalue weighted by Gasteiger charge is -2.33. The number of hydrogen-bond acceptors (Lipinski definition) is 4. The Labute approximate surface area is 164 Å². The number of rotatable bonds is 5. The molecule has 4 rings (SSSR count). The smallest absolute Gasteiger partial charge is 0.164 e. The van der Waals surface area contributed by atoms with Gasteiger partial charge in [-0.05, 0) is 60.8 Å². The molecule has 28 heavy (non-hydrogen) atoms. The Morgan fingerprint density at radius 1 is 1.14 bits per heavy atom. The van der Waals surface area contributed by atoms with Crippen LogP contribution in [0.1, 0.15) is 23.6 Å². The maximum Gasteiger partial charge on any atom is 0.164 e. The number of aromatic nitrogens is 1. The molecule has 1 aliphatic rings. The molecule has 0 saturated carbocycles. The molecule has 0 radical (unpaired) electrons. The highest BCUT2D eigenvalue weighted by atomic mass is 19.1. The van der Waals surface area contributed by atoms with E-state index in [0.29, 0.717) is 0 Å². The molecule has 0 unspecified atom stereocenters. The number of methoxy groups -OCH3 is 1. The van der Waals surface area contributed by atoms with Gasteiger partial charge in [0, 0.05) is 18.0 Å². The monoisotopic (exact) mass is 378 g/mol. The Balaban J connectivity index is 1.63. The van der Waals surface area contributed by atoms with Crippen molar-refractivity contribution in [3.63, 3.8) is 0 Å². The Bertz CT molecular complexity index is 945. The average molecular weight is 378 g/mol. The van der Waals surface area contributed by atoms with Gasteiger partial charge >= 0.3 is 0 Å². The number of nitrogens with zero attached hydrogens (tertiary/aromatic N) is 1. The fourth-order valence-corrected chi connectivity index (χ4v) is 3.79. The molecule has 1 aromatic heterocycles. The average Bonchev–Trinajstić information content (AvgIpc) is 2.74. The molecule has 0 amide bonds. The number of pyridine rings is 1. The van der Waals surface area contributed by atoms with Gasteiger partial charge in [0.2, 0.25) is 0 Å². The molecule has 2 atom stereocenters. The maximum absolute atomic E-state index is 13.2. The summed E-state index contributed by atoms with van der Waals surface area (Å²) < 4.78 is 25.1. The van der Waals surface area contributed by atoms with Gasteiger partial charge in [-0.1, -0.05) is 24.3 Å². The Kier molecular flexibility index (Phi) is 5.26. The largest absolute Gasteiger partial charge is 0.493 e. The first-order valence-electron chi connectivity index (χ1n) is 9.40. The van der Waals surface area contributed by atoms with E-state index >= 15 is 0 Å². The minimum absolute atomic E-state index is 0.0223. The molecule has 1 N–H and O–H groups in total. The van der Waals surface area contributed by atoms with E-state index in [4.69, 9.17) is 9.47 Å². The topological polar surface area (TPSA) is 43.4 Å². The zero-order valence-corrected chi connectivity index (χ0v) is 16.0. The number of para-hydroxylation sites is 1. The number of hydrogen-bond donors (Lipinski definition) is 1. The summed E-state index contributed by atoms with van der Waals surface area (Å²) in [6.07, 6.45) is 5.44. The highest BCUT2D eigenvalue weighted by Crippen LogP contribution is 2.39. The summed E-state index contributed by atoms with van der Waals surface area (Å²) in [6, 6.07) is 14.5. The van der Waals surface area contributed by atoms with E-state index in [1.54, 1.807) is 25.4 Å². The molecular formula is C23H23FN2O2. The van der Waals surface area contributed by atoms with Crippen LogP contribution in [-0.2, 0) is 6.42 Å². The van der Waals surface area contributed by atoms with Gasteiger partial charge in [-0.2, -0.15) is 0 Å². The first-order valence-corrected chi connectivity index (χ1v) is 9.40. The Morgan fingerprint density at radius 3 is 2.71 bits per heavy atom. The normalized spacial score (nSPS) is 16.8. The zero-order chi connectivity index (χ0) is 19.5. The molecule has 0 bridgehead atoms. The second-order valence-electron chi connectivity index (χ2n) is 6.92. The quantitative estimate of drug-likeness (QED) is 0.707.